The van der Waals surface area contributed by atoms with Crippen molar-refractivity contribution in [3.63, 3.8) is 0 Å². The van der Waals surface area contributed by atoms with E-state index in [2.05, 4.69) is 126 Å². The Morgan fingerprint density at radius 2 is 1.33 bits per heavy atom. The van der Waals surface area contributed by atoms with Gasteiger partial charge in [-0.2, -0.15) is 0 Å². The maximum Gasteiger partial charge on any atom is 0.0384 e. The number of aryl methyl sites for hydroxylation is 1. The van der Waals surface area contributed by atoms with Gasteiger partial charge in [0.15, 0.2) is 0 Å². The predicted molar refractivity (Wildman–Crippen MR) is 134 cm³/mol. The normalized spacial score (nSPS) is 21.4. The van der Waals surface area contributed by atoms with Gasteiger partial charge in [0.2, 0.25) is 0 Å². The summed E-state index contributed by atoms with van der Waals surface area (Å²) in [4.78, 5) is 0. The number of allylic oxidation sites excluding steroid dienone is 3. The van der Waals surface area contributed by atoms with E-state index in [-0.39, 0.29) is 21.9 Å². The van der Waals surface area contributed by atoms with Crippen molar-refractivity contribution in [1.82, 2.24) is 5.32 Å². The molecule has 2 atom stereocenters. The molecule has 1 aromatic rings. The van der Waals surface area contributed by atoms with Crippen LogP contribution in [0, 0.1) is 24.2 Å². The molecule has 0 bridgehead atoms. The van der Waals surface area contributed by atoms with E-state index >= 15 is 0 Å². The van der Waals surface area contributed by atoms with Gasteiger partial charge in [-0.15, -0.1) is 0 Å². The molecule has 1 aliphatic rings. The van der Waals surface area contributed by atoms with Crippen LogP contribution in [-0.2, 0) is 11.0 Å². The third-order valence-electron chi connectivity index (χ3n) is 7.01. The van der Waals surface area contributed by atoms with Crippen molar-refractivity contribution in [3.8, 4) is 0 Å². The van der Waals surface area contributed by atoms with Crippen LogP contribution in [0.25, 0.3) is 0 Å². The van der Waals surface area contributed by atoms with Gasteiger partial charge in [0.05, 0.1) is 0 Å². The first-order valence-electron chi connectivity index (χ1n) is 11.7. The molecule has 2 unspecified atom stereocenters. The molecular formula is C29H47N. The number of benzene rings is 1. The van der Waals surface area contributed by atoms with Gasteiger partial charge < -0.3 is 0 Å². The van der Waals surface area contributed by atoms with Gasteiger partial charge in [0.25, 0.3) is 0 Å². The molecule has 1 N–H and O–H groups in total. The Hall–Kier alpha value is -1.34. The van der Waals surface area contributed by atoms with Crippen LogP contribution in [0.3, 0.4) is 0 Å². The molecule has 0 fully saturated rings. The fourth-order valence-corrected chi connectivity index (χ4v) is 5.02. The zero-order chi connectivity index (χ0) is 23.3. The van der Waals surface area contributed by atoms with Crippen LogP contribution in [0.5, 0.6) is 0 Å². The smallest absolute Gasteiger partial charge is 0.0384 e. The Bertz CT molecular complexity index is 834. The molecule has 0 saturated heterocycles. The Kier molecular flexibility index (Phi) is 6.62. The minimum atomic E-state index is -0.135. The van der Waals surface area contributed by atoms with Crippen molar-refractivity contribution in [2.45, 2.75) is 107 Å². The highest BCUT2D eigenvalue weighted by atomic mass is 15.0. The van der Waals surface area contributed by atoms with E-state index in [1.165, 1.54) is 27.8 Å². The molecule has 168 valence electrons. The summed E-state index contributed by atoms with van der Waals surface area (Å²) >= 11 is 0. The van der Waals surface area contributed by atoms with Crippen LogP contribution in [0.15, 0.2) is 41.5 Å². The third kappa shape index (κ3) is 5.28. The fraction of sp³-hybridized carbons (Fsp3) is 0.655. The largest absolute Gasteiger partial charge is 0.299 e. The standard InChI is InChI=1S/C29H47N/c1-19-14-15-22(17-24(19)27(7,8)9)28(10,11)30-29(12,13)25-18-23(26(4,5)6)16-20(2)21(25)3/h14-18,20-21,30H,1-13H3. The van der Waals surface area contributed by atoms with Crippen LogP contribution in [0.4, 0.5) is 0 Å². The molecule has 30 heavy (non-hydrogen) atoms. The third-order valence-corrected chi connectivity index (χ3v) is 7.01. The molecule has 0 aromatic heterocycles. The van der Waals surface area contributed by atoms with Gasteiger partial charge >= 0.3 is 0 Å². The number of hydrogen-bond donors (Lipinski definition) is 1. The van der Waals surface area contributed by atoms with Gasteiger partial charge in [-0.05, 0) is 85.1 Å². The molecule has 0 saturated carbocycles. The summed E-state index contributed by atoms with van der Waals surface area (Å²) in [6, 6.07) is 7.01. The number of rotatable bonds is 4. The second-order valence-corrected chi connectivity index (χ2v) is 12.8. The highest BCUT2D eigenvalue weighted by molar-refractivity contribution is 5.41. The number of nitrogens with one attached hydrogen (secondary N) is 1. The quantitative estimate of drug-likeness (QED) is 0.530. The fourth-order valence-electron chi connectivity index (χ4n) is 5.02. The summed E-state index contributed by atoms with van der Waals surface area (Å²) in [7, 11) is 0. The molecule has 1 nitrogen and oxygen atoms in total. The summed E-state index contributed by atoms with van der Waals surface area (Å²) < 4.78 is 0. The SMILES string of the molecule is Cc1ccc(C(C)(C)NC(C)(C)C2=CC(C(C)(C)C)=CC(C)C2C)cc1C(C)(C)C. The van der Waals surface area contributed by atoms with E-state index in [4.69, 9.17) is 0 Å². The van der Waals surface area contributed by atoms with E-state index in [9.17, 15) is 0 Å². The highest BCUT2D eigenvalue weighted by Crippen LogP contribution is 2.42. The highest BCUT2D eigenvalue weighted by Gasteiger charge is 2.37. The first kappa shape index (κ1) is 24.9. The first-order valence-corrected chi connectivity index (χ1v) is 11.7. The summed E-state index contributed by atoms with van der Waals surface area (Å²) in [5.74, 6) is 1.08. The Balaban J connectivity index is 2.44. The maximum absolute atomic E-state index is 4.04. The molecule has 0 heterocycles. The molecule has 2 rings (SSSR count). The van der Waals surface area contributed by atoms with Crippen molar-refractivity contribution in [1.29, 1.82) is 0 Å². The monoisotopic (exact) mass is 409 g/mol. The molecule has 1 aromatic carbocycles. The van der Waals surface area contributed by atoms with Crippen molar-refractivity contribution >= 4 is 0 Å². The van der Waals surface area contributed by atoms with Gasteiger partial charge in [-0.25, -0.2) is 0 Å². The van der Waals surface area contributed by atoms with Crippen LogP contribution >= 0.6 is 0 Å². The van der Waals surface area contributed by atoms with Crippen molar-refractivity contribution < 1.29 is 0 Å². The van der Waals surface area contributed by atoms with Gasteiger partial charge in [-0.3, -0.25) is 5.32 Å². The van der Waals surface area contributed by atoms with Crippen LogP contribution in [0.1, 0.15) is 99.8 Å². The minimum absolute atomic E-state index is 0.102. The maximum atomic E-state index is 4.04. The van der Waals surface area contributed by atoms with E-state index in [1.807, 2.05) is 0 Å². The second-order valence-electron chi connectivity index (χ2n) is 12.8. The molecule has 0 spiro atoms. The topological polar surface area (TPSA) is 12.0 Å². The van der Waals surface area contributed by atoms with E-state index in [0.29, 0.717) is 11.8 Å². The van der Waals surface area contributed by atoms with Crippen molar-refractivity contribution in [3.05, 3.63) is 58.2 Å². The van der Waals surface area contributed by atoms with Crippen LogP contribution in [0.2, 0.25) is 0 Å². The summed E-state index contributed by atoms with van der Waals surface area (Å²) in [5.41, 5.74) is 7.22. The van der Waals surface area contributed by atoms with Crippen molar-refractivity contribution in [2.24, 2.45) is 17.3 Å². The van der Waals surface area contributed by atoms with E-state index in [0.717, 1.165) is 0 Å². The Labute approximate surface area is 187 Å². The lowest BCUT2D eigenvalue weighted by Crippen LogP contribution is -2.53. The molecule has 0 amide bonds. The minimum Gasteiger partial charge on any atom is -0.299 e. The lowest BCUT2D eigenvalue weighted by atomic mass is 9.69. The zero-order valence-electron chi connectivity index (χ0n) is 22.0. The van der Waals surface area contributed by atoms with Crippen LogP contribution in [-0.4, -0.2) is 5.54 Å². The Morgan fingerprint density at radius 1 is 0.767 bits per heavy atom. The number of hydrogen-bond acceptors (Lipinski definition) is 1. The van der Waals surface area contributed by atoms with Gasteiger partial charge in [-0.1, -0.05) is 85.7 Å². The summed E-state index contributed by atoms with van der Waals surface area (Å²) in [6.07, 6.45) is 4.95. The van der Waals surface area contributed by atoms with E-state index in [1.54, 1.807) is 0 Å². The molecule has 1 heteroatoms. The average Bonchev–Trinajstić information content (AvgIpc) is 2.54. The molecule has 0 radical (unpaired) electrons. The van der Waals surface area contributed by atoms with Crippen LogP contribution < -0.4 is 5.32 Å². The lowest BCUT2D eigenvalue weighted by Gasteiger charge is -2.44. The van der Waals surface area contributed by atoms with Gasteiger partial charge in [0, 0.05) is 11.1 Å². The summed E-state index contributed by atoms with van der Waals surface area (Å²) in [5, 5.41) is 4.04. The molecule has 1 aliphatic carbocycles. The van der Waals surface area contributed by atoms with Gasteiger partial charge in [0.1, 0.15) is 0 Å². The predicted octanol–water partition coefficient (Wildman–Crippen LogP) is 8.08. The van der Waals surface area contributed by atoms with Crippen molar-refractivity contribution in [2.75, 3.05) is 0 Å². The molecular weight excluding hydrogens is 362 g/mol. The average molecular weight is 410 g/mol. The second kappa shape index (κ2) is 7.97. The first-order chi connectivity index (χ1) is 13.4. The zero-order valence-corrected chi connectivity index (χ0v) is 22.0. The molecule has 0 aliphatic heterocycles. The lowest BCUT2D eigenvalue weighted by molar-refractivity contribution is 0.274. The Morgan fingerprint density at radius 3 is 1.83 bits per heavy atom. The summed E-state index contributed by atoms with van der Waals surface area (Å²) in [6.45, 7) is 30.2. The van der Waals surface area contributed by atoms with E-state index < -0.39 is 0 Å².